The quantitative estimate of drug-likeness (QED) is 0.402. The van der Waals surface area contributed by atoms with Crippen LogP contribution in [-0.4, -0.2) is 54.6 Å². The van der Waals surface area contributed by atoms with Crippen LogP contribution >= 0.6 is 23.8 Å². The zero-order chi connectivity index (χ0) is 24.5. The SMILES string of the molecule is CCCCOc1ccc(C(=O)NC(=S)Nc2ccc(N3CCN(C(=O)CC)CC3)c(Cl)c2)cc1. The van der Waals surface area contributed by atoms with Crippen LogP contribution in [0.3, 0.4) is 0 Å². The van der Waals surface area contributed by atoms with Gasteiger partial charge in [-0.2, -0.15) is 0 Å². The molecule has 2 aromatic rings. The number of benzene rings is 2. The molecule has 9 heteroatoms. The molecule has 0 spiro atoms. The highest BCUT2D eigenvalue weighted by atomic mass is 35.5. The molecule has 3 rings (SSSR count). The first kappa shape index (κ1) is 25.8. The maximum atomic E-state index is 12.5. The number of nitrogens with one attached hydrogen (secondary N) is 2. The van der Waals surface area contributed by atoms with Crippen molar-refractivity contribution < 1.29 is 14.3 Å². The van der Waals surface area contributed by atoms with Crippen molar-refractivity contribution in [2.75, 3.05) is 43.0 Å². The molecule has 2 aromatic carbocycles. The molecular formula is C25H31ClN4O3S. The molecule has 0 radical (unpaired) electrons. The van der Waals surface area contributed by atoms with Gasteiger partial charge in [-0.25, -0.2) is 0 Å². The Morgan fingerprint density at radius 3 is 2.38 bits per heavy atom. The molecule has 0 saturated carbocycles. The molecule has 1 aliphatic rings. The second kappa shape index (κ2) is 12.6. The highest BCUT2D eigenvalue weighted by molar-refractivity contribution is 7.80. The second-order valence-corrected chi connectivity index (χ2v) is 8.84. The van der Waals surface area contributed by atoms with Crippen molar-refractivity contribution in [3.8, 4) is 5.75 Å². The molecule has 1 heterocycles. The minimum absolute atomic E-state index is 0.178. The first-order valence-corrected chi connectivity index (χ1v) is 12.4. The molecule has 34 heavy (non-hydrogen) atoms. The summed E-state index contributed by atoms with van der Waals surface area (Å²) < 4.78 is 5.62. The van der Waals surface area contributed by atoms with Gasteiger partial charge in [-0.3, -0.25) is 14.9 Å². The van der Waals surface area contributed by atoms with Crippen LogP contribution in [-0.2, 0) is 4.79 Å². The van der Waals surface area contributed by atoms with Crippen LogP contribution in [0.4, 0.5) is 11.4 Å². The van der Waals surface area contributed by atoms with Crippen molar-refractivity contribution in [1.82, 2.24) is 10.2 Å². The number of anilines is 2. The zero-order valence-corrected chi connectivity index (χ0v) is 21.2. The van der Waals surface area contributed by atoms with E-state index in [1.54, 1.807) is 30.3 Å². The van der Waals surface area contributed by atoms with Crippen LogP contribution in [0.2, 0.25) is 5.02 Å². The van der Waals surface area contributed by atoms with Gasteiger partial charge in [0.25, 0.3) is 5.91 Å². The zero-order valence-electron chi connectivity index (χ0n) is 19.6. The summed E-state index contributed by atoms with van der Waals surface area (Å²) in [5.41, 5.74) is 2.08. The Labute approximate surface area is 211 Å². The van der Waals surface area contributed by atoms with E-state index in [1.165, 1.54) is 0 Å². The van der Waals surface area contributed by atoms with Crippen molar-refractivity contribution in [2.45, 2.75) is 33.1 Å². The lowest BCUT2D eigenvalue weighted by Crippen LogP contribution is -2.48. The monoisotopic (exact) mass is 502 g/mol. The summed E-state index contributed by atoms with van der Waals surface area (Å²) in [4.78, 5) is 28.4. The summed E-state index contributed by atoms with van der Waals surface area (Å²) in [7, 11) is 0. The first-order valence-electron chi connectivity index (χ1n) is 11.6. The van der Waals surface area contributed by atoms with Gasteiger partial charge in [0.15, 0.2) is 5.11 Å². The van der Waals surface area contributed by atoms with E-state index < -0.39 is 0 Å². The number of rotatable bonds is 8. The van der Waals surface area contributed by atoms with Crippen LogP contribution in [0.5, 0.6) is 5.75 Å². The Morgan fingerprint density at radius 2 is 1.76 bits per heavy atom. The third-order valence-electron chi connectivity index (χ3n) is 5.59. The number of thiocarbonyl (C=S) groups is 1. The second-order valence-electron chi connectivity index (χ2n) is 8.02. The standard InChI is InChI=1S/C25H31ClN4O3S/c1-3-5-16-33-20-9-6-18(7-10-20)24(32)28-25(34)27-19-8-11-22(21(26)17-19)29-12-14-30(15-13-29)23(31)4-2/h6-11,17H,3-5,12-16H2,1-2H3,(H2,27,28,32,34). The highest BCUT2D eigenvalue weighted by Gasteiger charge is 2.21. The molecule has 0 aromatic heterocycles. The molecule has 2 N–H and O–H groups in total. The predicted molar refractivity (Wildman–Crippen MR) is 141 cm³/mol. The fourth-order valence-corrected chi connectivity index (χ4v) is 4.15. The van der Waals surface area contributed by atoms with Crippen molar-refractivity contribution in [1.29, 1.82) is 0 Å². The summed E-state index contributed by atoms with van der Waals surface area (Å²) in [5, 5.41) is 6.45. The third-order valence-corrected chi connectivity index (χ3v) is 6.10. The molecule has 0 bridgehead atoms. The van der Waals surface area contributed by atoms with E-state index >= 15 is 0 Å². The van der Waals surface area contributed by atoms with E-state index in [0.29, 0.717) is 42.4 Å². The maximum Gasteiger partial charge on any atom is 0.257 e. The number of carbonyl (C=O) groups is 2. The van der Waals surface area contributed by atoms with E-state index in [9.17, 15) is 9.59 Å². The normalized spacial score (nSPS) is 13.4. The van der Waals surface area contributed by atoms with Crippen molar-refractivity contribution >= 4 is 52.1 Å². The van der Waals surface area contributed by atoms with Gasteiger partial charge in [0, 0.05) is 43.9 Å². The van der Waals surface area contributed by atoms with Gasteiger partial charge in [0.1, 0.15) is 5.75 Å². The van der Waals surface area contributed by atoms with Gasteiger partial charge in [-0.15, -0.1) is 0 Å². The van der Waals surface area contributed by atoms with Crippen LogP contribution < -0.4 is 20.3 Å². The number of hydrogen-bond acceptors (Lipinski definition) is 5. The molecule has 1 saturated heterocycles. The lowest BCUT2D eigenvalue weighted by molar-refractivity contribution is -0.131. The molecular weight excluding hydrogens is 472 g/mol. The van der Waals surface area contributed by atoms with Gasteiger partial charge in [-0.1, -0.05) is 31.9 Å². The number of amides is 2. The molecule has 7 nitrogen and oxygen atoms in total. The molecule has 2 amide bonds. The predicted octanol–water partition coefficient (Wildman–Crippen LogP) is 4.70. The molecule has 0 aliphatic carbocycles. The van der Waals surface area contributed by atoms with Gasteiger partial charge >= 0.3 is 0 Å². The van der Waals surface area contributed by atoms with Crippen LogP contribution in [0, 0.1) is 0 Å². The summed E-state index contributed by atoms with van der Waals surface area (Å²) in [6.45, 7) is 7.48. The Balaban J connectivity index is 1.52. The molecule has 1 fully saturated rings. The van der Waals surface area contributed by atoms with E-state index in [0.717, 1.165) is 37.4 Å². The van der Waals surface area contributed by atoms with Crippen molar-refractivity contribution in [3.05, 3.63) is 53.1 Å². The average Bonchev–Trinajstić information content (AvgIpc) is 2.84. The Kier molecular flexibility index (Phi) is 9.53. The summed E-state index contributed by atoms with van der Waals surface area (Å²) in [6.07, 6.45) is 2.58. The number of carbonyl (C=O) groups excluding carboxylic acids is 2. The minimum Gasteiger partial charge on any atom is -0.494 e. The lowest BCUT2D eigenvalue weighted by atomic mass is 10.2. The van der Waals surface area contributed by atoms with Crippen LogP contribution in [0.1, 0.15) is 43.5 Å². The van der Waals surface area contributed by atoms with E-state index in [-0.39, 0.29) is 16.9 Å². The molecule has 1 aliphatic heterocycles. The lowest BCUT2D eigenvalue weighted by Gasteiger charge is -2.36. The molecule has 0 atom stereocenters. The average molecular weight is 503 g/mol. The van der Waals surface area contributed by atoms with Crippen molar-refractivity contribution in [2.24, 2.45) is 0 Å². The van der Waals surface area contributed by atoms with E-state index in [1.807, 2.05) is 24.0 Å². The third kappa shape index (κ3) is 7.08. The molecule has 182 valence electrons. The van der Waals surface area contributed by atoms with Gasteiger partial charge in [-0.05, 0) is 61.1 Å². The number of piperazine rings is 1. The Morgan fingerprint density at radius 1 is 1.06 bits per heavy atom. The molecule has 0 unspecified atom stereocenters. The number of hydrogen-bond donors (Lipinski definition) is 2. The number of halogens is 1. The number of nitrogens with zero attached hydrogens (tertiary/aromatic N) is 2. The number of unbranched alkanes of at least 4 members (excludes halogenated alkanes) is 1. The fraction of sp³-hybridized carbons (Fsp3) is 0.400. The van der Waals surface area contributed by atoms with Gasteiger partial charge in [0.05, 0.1) is 17.3 Å². The minimum atomic E-state index is -0.306. The van der Waals surface area contributed by atoms with Gasteiger partial charge < -0.3 is 19.9 Å². The van der Waals surface area contributed by atoms with Gasteiger partial charge in [0.2, 0.25) is 5.91 Å². The first-order chi connectivity index (χ1) is 16.4. The van der Waals surface area contributed by atoms with E-state index in [4.69, 9.17) is 28.6 Å². The highest BCUT2D eigenvalue weighted by Crippen LogP contribution is 2.29. The fourth-order valence-electron chi connectivity index (χ4n) is 3.64. The van der Waals surface area contributed by atoms with Crippen molar-refractivity contribution in [3.63, 3.8) is 0 Å². The smallest absolute Gasteiger partial charge is 0.257 e. The maximum absolute atomic E-state index is 12.5. The summed E-state index contributed by atoms with van der Waals surface area (Å²) >= 11 is 11.8. The summed E-state index contributed by atoms with van der Waals surface area (Å²) in [5.74, 6) is 0.607. The van der Waals surface area contributed by atoms with Crippen LogP contribution in [0.15, 0.2) is 42.5 Å². The Bertz CT molecular complexity index is 1010. The summed E-state index contributed by atoms with van der Waals surface area (Å²) in [6, 6.07) is 12.5. The van der Waals surface area contributed by atoms with E-state index in [2.05, 4.69) is 22.5 Å². The largest absolute Gasteiger partial charge is 0.494 e. The number of ether oxygens (including phenoxy) is 1. The topological polar surface area (TPSA) is 73.9 Å². The van der Waals surface area contributed by atoms with Crippen LogP contribution in [0.25, 0.3) is 0 Å². The Hall–Kier alpha value is -2.84.